The molecule has 0 N–H and O–H groups in total. The molecule has 0 aliphatic carbocycles. The summed E-state index contributed by atoms with van der Waals surface area (Å²) in [5.41, 5.74) is 4.50. The number of ether oxygens (including phenoxy) is 1. The van der Waals surface area contributed by atoms with Gasteiger partial charge in [0.15, 0.2) is 12.1 Å². The Bertz CT molecular complexity index is 3510. The molecule has 3 rings (SSSR count). The van der Waals surface area contributed by atoms with Crippen molar-refractivity contribution in [3.63, 3.8) is 0 Å². The van der Waals surface area contributed by atoms with E-state index in [0.29, 0.717) is 38.2 Å². The zero-order valence-corrected chi connectivity index (χ0v) is 49.1. The van der Waals surface area contributed by atoms with Gasteiger partial charge in [0.05, 0.1) is 25.5 Å². The van der Waals surface area contributed by atoms with Crippen molar-refractivity contribution in [2.45, 2.75) is 158 Å². The summed E-state index contributed by atoms with van der Waals surface area (Å²) in [6, 6.07) is 23.7. The van der Waals surface area contributed by atoms with Crippen molar-refractivity contribution in [3.8, 4) is 214 Å². The number of rotatable bonds is 23. The van der Waals surface area contributed by atoms with Crippen molar-refractivity contribution in [1.82, 2.24) is 0 Å². The maximum absolute atomic E-state index is 6.28. The third-order valence-corrected chi connectivity index (χ3v) is 12.1. The van der Waals surface area contributed by atoms with E-state index in [1.165, 1.54) is 81.8 Å². The molecular formula is C78H149BBrNO3. The van der Waals surface area contributed by atoms with Crippen LogP contribution in [0.3, 0.4) is 0 Å². The van der Waals surface area contributed by atoms with E-state index in [-0.39, 0.29) is 108 Å². The van der Waals surface area contributed by atoms with Gasteiger partial charge in [-0.05, 0) is 142 Å². The number of unbranched alkanes of at least 4 members (excludes halogenated alkanes) is 11. The summed E-state index contributed by atoms with van der Waals surface area (Å²) in [5, 5.41) is 0. The van der Waals surface area contributed by atoms with Crippen LogP contribution in [0.2, 0.25) is 0 Å². The monoisotopic (exact) mass is 1240 g/mol. The van der Waals surface area contributed by atoms with Gasteiger partial charge in [0.25, 0.3) is 0 Å². The lowest BCUT2D eigenvalue weighted by atomic mass is 9.75. The van der Waals surface area contributed by atoms with Gasteiger partial charge in [0.1, 0.15) is 6.54 Å². The maximum Gasteiger partial charge on any atom is 0.493 e. The Hall–Kier alpha value is -9.10. The molecule has 6 heteroatoms. The van der Waals surface area contributed by atoms with E-state index in [1.54, 1.807) is 0 Å². The Balaban J connectivity index is -0.0000000467. The largest absolute Gasteiger partial charge is 1.00 e. The molecule has 1 aliphatic heterocycles. The van der Waals surface area contributed by atoms with Gasteiger partial charge in [0.2, 0.25) is 0 Å². The van der Waals surface area contributed by atoms with Gasteiger partial charge in [0, 0.05) is 165 Å². The molecule has 4 nitrogen and oxygen atoms in total. The molecule has 0 amide bonds. The number of quaternary nitrogens is 1. The van der Waals surface area contributed by atoms with Crippen molar-refractivity contribution in [2.75, 3.05) is 33.5 Å². The molecule has 84 heavy (non-hydrogen) atoms. The third-order valence-electron chi connectivity index (χ3n) is 12.1. The van der Waals surface area contributed by atoms with Crippen LogP contribution in [0.15, 0.2) is 48.5 Å². The Morgan fingerprint density at radius 1 is 0.512 bits per heavy atom. The zero-order valence-electron chi connectivity index (χ0n) is 47.5. The minimum Gasteiger partial charge on any atom is -1.00 e. The van der Waals surface area contributed by atoms with E-state index in [1.807, 2.05) is 7.05 Å². The van der Waals surface area contributed by atoms with Crippen LogP contribution in [-0.4, -0.2) is 45.1 Å². The van der Waals surface area contributed by atoms with E-state index in [4.69, 9.17) is 26.9 Å². The highest BCUT2D eigenvalue weighted by Crippen LogP contribution is 2.32. The first-order valence-corrected chi connectivity index (χ1v) is 27.1. The molecule has 0 spiro atoms. The van der Waals surface area contributed by atoms with Gasteiger partial charge in [-0.15, -0.1) is 12.8 Å². The second kappa shape index (κ2) is 50.8. The Morgan fingerprint density at radius 3 is 1.23 bits per heavy atom. The van der Waals surface area contributed by atoms with Crippen molar-refractivity contribution >= 4 is 12.6 Å². The molecule has 1 heterocycles. The van der Waals surface area contributed by atoms with E-state index in [9.17, 15) is 0 Å². The van der Waals surface area contributed by atoms with Crippen LogP contribution in [0.1, 0.15) is 220 Å². The van der Waals surface area contributed by atoms with E-state index < -0.39 is 0 Å². The normalized spacial score (nSPS) is 10.6. The fourth-order valence-corrected chi connectivity index (χ4v) is 7.92. The first-order valence-electron chi connectivity index (χ1n) is 27.1. The van der Waals surface area contributed by atoms with Crippen LogP contribution >= 0.6 is 0 Å². The molecule has 1 aliphatic rings. The number of hydrogen-bond acceptors (Lipinski definition) is 3. The standard InChI is InChI=1S/C75H65BNO3.3CH4.BrH.36H2/c1-8-12-15-18-21-24-27-30-32-34-36-38-41-44-47-50-61-77(7,62-51-48-45-42-39-37-35-33-31-28-25-22-19-16-13-9-2)65-70-53-55-73(56-54-70)71(11-4)64-69(5)72-57-59-74(60-58-72)76-79-67-75(6,68-80-76)66-78-63-52-49-46-43-40-29-26-23-20-17-14-10-3;;;;;;;;;;;;;;;;;;;;;;;;;;;;;;;;;;;;;;;;/h1-2,53-60,69,71H,10-11,14,17,20,23,26,29,40,43,46,49,52,63-68H2,3-7H3;3*1H4;37*1H/q+1;;;;;;;;;;;;;;;;;;;;;;;;;;;;;;;;;;;;;;;;/p-1. The average Bonchev–Trinajstić information content (AvgIpc) is 0.832. The van der Waals surface area contributed by atoms with Crippen molar-refractivity contribution < 1.29 is 86.9 Å². The zero-order chi connectivity index (χ0) is 57.3. The Labute approximate surface area is 575 Å². The van der Waals surface area contributed by atoms with Gasteiger partial charge in [-0.25, -0.2) is 0 Å². The second-order valence-electron chi connectivity index (χ2n) is 19.0. The number of terminal acetylenes is 2. The predicted octanol–water partition coefficient (Wildman–Crippen LogP) is 17.8. The van der Waals surface area contributed by atoms with Gasteiger partial charge < -0.3 is 31.0 Å². The number of nitrogens with zero attached hydrogens (tertiary/aromatic N) is 1. The summed E-state index contributed by atoms with van der Waals surface area (Å²) in [5.74, 6) is 82.7. The van der Waals surface area contributed by atoms with Crippen molar-refractivity contribution in [2.24, 2.45) is 5.41 Å². The molecule has 2 atom stereocenters. The summed E-state index contributed by atoms with van der Waals surface area (Å²) in [7, 11) is 1.52. The summed E-state index contributed by atoms with van der Waals surface area (Å²) in [4.78, 5) is 0. The smallest absolute Gasteiger partial charge is 0.493 e. The third kappa shape index (κ3) is 37.0. The molecule has 1 fully saturated rings. The lowest BCUT2D eigenvalue weighted by Crippen LogP contribution is -3.00. The summed E-state index contributed by atoms with van der Waals surface area (Å²) < 4.78 is 18.7. The molecule has 2 aromatic carbocycles. The van der Waals surface area contributed by atoms with Crippen molar-refractivity contribution in [1.29, 1.82) is 0 Å². The summed E-state index contributed by atoms with van der Waals surface area (Å²) in [6.07, 6.45) is 28.1. The minimum atomic E-state index is -0.376. The highest BCUT2D eigenvalue weighted by molar-refractivity contribution is 6.61. The molecule has 2 aromatic rings. The average molecular weight is 1240 g/mol. The molecule has 1 saturated heterocycles. The van der Waals surface area contributed by atoms with Gasteiger partial charge in [-0.2, -0.15) is 4.48 Å². The van der Waals surface area contributed by atoms with Crippen molar-refractivity contribution in [3.05, 3.63) is 65.2 Å². The van der Waals surface area contributed by atoms with Crippen LogP contribution < -0.4 is 22.4 Å². The molecule has 0 radical (unpaired) electrons. The van der Waals surface area contributed by atoms with Gasteiger partial charge in [-0.1, -0.05) is 169 Å². The van der Waals surface area contributed by atoms with Gasteiger partial charge >= 0.3 is 7.12 Å². The molecular weight excluding hydrogens is 1090 g/mol. The topological polar surface area (TPSA) is 27.7 Å². The predicted molar refractivity (Wildman–Crippen MR) is 425 cm³/mol. The molecule has 494 valence electrons. The SMILES string of the molecule is C.C.C.C#CC#CC#CC#CC#CC#CC#CC#CC#C[N+](C)(C#CC#CC#CC#CC#CC#CC#CC#CC#C)Cc1ccc(C(CC)CC(C)c2ccc(B3OCC(C)(COCCCCCCCCCCCCCC)CO3)cc2)cc1.[Br-].[HH].[HH].[HH].[HH].[HH].[HH].[HH].[HH].[HH].[HH].[HH].[HH].[HH].[HH].[HH].[HH].[HH].[HH].[HH].[HH].[HH].[HH].[HH].[HH].[HH].[HH].[HH].[HH].[HH].[HH].[HH].[HH].[HH].[HH].[HH].[HH]. The second-order valence-corrected chi connectivity index (χ2v) is 19.0. The number of halogens is 1. The van der Waals surface area contributed by atoms with E-state index in [2.05, 4.69) is 278 Å². The van der Waals surface area contributed by atoms with E-state index >= 15 is 0 Å². The maximum atomic E-state index is 6.28. The van der Waals surface area contributed by atoms with Crippen LogP contribution in [0, 0.1) is 220 Å². The molecule has 0 aromatic heterocycles. The molecule has 0 saturated carbocycles. The van der Waals surface area contributed by atoms with Crippen LogP contribution in [0.25, 0.3) is 0 Å². The summed E-state index contributed by atoms with van der Waals surface area (Å²) >= 11 is 0. The van der Waals surface area contributed by atoms with Crippen LogP contribution in [-0.2, 0) is 20.6 Å². The quantitative estimate of drug-likeness (QED) is 0.0480. The highest BCUT2D eigenvalue weighted by atomic mass is 79.9. The van der Waals surface area contributed by atoms with E-state index in [0.717, 1.165) is 36.9 Å². The van der Waals surface area contributed by atoms with Crippen LogP contribution in [0.4, 0.5) is 0 Å². The summed E-state index contributed by atoms with van der Waals surface area (Å²) in [6.45, 7) is 12.1. The fourth-order valence-electron chi connectivity index (χ4n) is 7.92. The van der Waals surface area contributed by atoms with Gasteiger partial charge in [-0.3, -0.25) is 0 Å². The molecule has 2 unspecified atom stereocenters. The number of benzene rings is 2. The lowest BCUT2D eigenvalue weighted by Gasteiger charge is -2.36. The Kier molecular flexibility index (Phi) is 46.6. The lowest BCUT2D eigenvalue weighted by molar-refractivity contribution is -0.787. The molecule has 0 bridgehead atoms. The first kappa shape index (κ1) is 77.0. The fraction of sp³-hybridized carbons (Fsp3) is 0.385. The minimum absolute atomic E-state index is 0. The number of hydrogen-bond donors (Lipinski definition) is 0. The highest BCUT2D eigenvalue weighted by Gasteiger charge is 2.37. The Morgan fingerprint density at radius 2 is 0.857 bits per heavy atom. The van der Waals surface area contributed by atoms with Crippen LogP contribution in [0.5, 0.6) is 0 Å². The first-order chi connectivity index (χ1) is 39.2.